The molecule has 16 heavy (non-hydrogen) atoms. The van der Waals surface area contributed by atoms with Crippen LogP contribution in [0.1, 0.15) is 25.3 Å². The SMILES string of the molecule is C[C@](C(=O)O)(c1ccccc1)N1CCCC1. The van der Waals surface area contributed by atoms with Gasteiger partial charge < -0.3 is 5.11 Å². The van der Waals surface area contributed by atoms with Crippen LogP contribution in [0, 0.1) is 0 Å². The molecular formula is C13H17NO2. The molecule has 1 fully saturated rings. The molecule has 0 aromatic heterocycles. The van der Waals surface area contributed by atoms with Gasteiger partial charge in [0.25, 0.3) is 0 Å². The molecule has 1 aliphatic rings. The van der Waals surface area contributed by atoms with E-state index >= 15 is 0 Å². The number of rotatable bonds is 3. The van der Waals surface area contributed by atoms with E-state index in [-0.39, 0.29) is 0 Å². The van der Waals surface area contributed by atoms with Crippen molar-refractivity contribution in [1.29, 1.82) is 0 Å². The molecule has 2 rings (SSSR count). The summed E-state index contributed by atoms with van der Waals surface area (Å²) >= 11 is 0. The van der Waals surface area contributed by atoms with Gasteiger partial charge in [-0.1, -0.05) is 30.3 Å². The van der Waals surface area contributed by atoms with Gasteiger partial charge in [-0.2, -0.15) is 0 Å². The summed E-state index contributed by atoms with van der Waals surface area (Å²) in [4.78, 5) is 13.6. The van der Waals surface area contributed by atoms with E-state index in [0.29, 0.717) is 0 Å². The monoisotopic (exact) mass is 219 g/mol. The lowest BCUT2D eigenvalue weighted by Crippen LogP contribution is -2.48. The van der Waals surface area contributed by atoms with Crippen LogP contribution in [-0.4, -0.2) is 29.1 Å². The molecular weight excluding hydrogens is 202 g/mol. The fourth-order valence-corrected chi connectivity index (χ4v) is 2.37. The summed E-state index contributed by atoms with van der Waals surface area (Å²) in [5, 5.41) is 9.50. The minimum Gasteiger partial charge on any atom is -0.480 e. The van der Waals surface area contributed by atoms with Gasteiger partial charge in [-0.25, -0.2) is 4.79 Å². The van der Waals surface area contributed by atoms with Crippen molar-refractivity contribution in [3.63, 3.8) is 0 Å². The number of carbonyl (C=O) groups is 1. The van der Waals surface area contributed by atoms with Crippen molar-refractivity contribution in [1.82, 2.24) is 4.90 Å². The Morgan fingerprint density at radius 2 is 1.81 bits per heavy atom. The molecule has 1 saturated heterocycles. The van der Waals surface area contributed by atoms with Gasteiger partial charge in [0, 0.05) is 0 Å². The Hall–Kier alpha value is -1.35. The molecule has 0 amide bonds. The van der Waals surface area contributed by atoms with Crippen LogP contribution in [0.5, 0.6) is 0 Å². The fourth-order valence-electron chi connectivity index (χ4n) is 2.37. The second-order valence-corrected chi connectivity index (χ2v) is 4.44. The summed E-state index contributed by atoms with van der Waals surface area (Å²) in [6, 6.07) is 9.49. The molecule has 0 spiro atoms. The number of benzene rings is 1. The summed E-state index contributed by atoms with van der Waals surface area (Å²) in [6.45, 7) is 3.55. The Balaban J connectivity index is 2.39. The average molecular weight is 219 g/mol. The molecule has 86 valence electrons. The molecule has 0 unspecified atom stereocenters. The second-order valence-electron chi connectivity index (χ2n) is 4.44. The number of likely N-dealkylation sites (tertiary alicyclic amines) is 1. The smallest absolute Gasteiger partial charge is 0.328 e. The van der Waals surface area contributed by atoms with Crippen LogP contribution in [0.15, 0.2) is 30.3 Å². The number of carboxylic acid groups (broad SMARTS) is 1. The zero-order chi connectivity index (χ0) is 11.6. The first-order chi connectivity index (χ1) is 7.65. The van der Waals surface area contributed by atoms with Gasteiger partial charge in [0.15, 0.2) is 0 Å². The van der Waals surface area contributed by atoms with Gasteiger partial charge in [-0.3, -0.25) is 4.90 Å². The molecule has 0 radical (unpaired) electrons. The Labute approximate surface area is 95.7 Å². The van der Waals surface area contributed by atoms with Crippen molar-refractivity contribution in [2.45, 2.75) is 25.3 Å². The van der Waals surface area contributed by atoms with E-state index in [9.17, 15) is 9.90 Å². The van der Waals surface area contributed by atoms with Crippen LogP contribution in [0.25, 0.3) is 0 Å². The van der Waals surface area contributed by atoms with Crippen LogP contribution in [0.2, 0.25) is 0 Å². The third kappa shape index (κ3) is 1.71. The maximum Gasteiger partial charge on any atom is 0.328 e. The Morgan fingerprint density at radius 3 is 2.31 bits per heavy atom. The normalized spacial score (nSPS) is 20.6. The lowest BCUT2D eigenvalue weighted by atomic mass is 9.90. The zero-order valence-corrected chi connectivity index (χ0v) is 9.52. The van der Waals surface area contributed by atoms with Crippen molar-refractivity contribution in [3.8, 4) is 0 Å². The van der Waals surface area contributed by atoms with Gasteiger partial charge in [-0.15, -0.1) is 0 Å². The maximum atomic E-state index is 11.6. The minimum absolute atomic E-state index is 0.763. The molecule has 3 nitrogen and oxygen atoms in total. The van der Waals surface area contributed by atoms with Crippen molar-refractivity contribution in [2.75, 3.05) is 13.1 Å². The summed E-state index contributed by atoms with van der Waals surface area (Å²) in [7, 11) is 0. The van der Waals surface area contributed by atoms with Crippen molar-refractivity contribution in [2.24, 2.45) is 0 Å². The Bertz CT molecular complexity index is 371. The highest BCUT2D eigenvalue weighted by molar-refractivity contribution is 5.80. The third-order valence-electron chi connectivity index (χ3n) is 3.49. The number of hydrogen-bond donors (Lipinski definition) is 1. The summed E-state index contributed by atoms with van der Waals surface area (Å²) in [5.74, 6) is -0.763. The molecule has 1 heterocycles. The number of carboxylic acids is 1. The first kappa shape index (κ1) is 11.1. The van der Waals surface area contributed by atoms with E-state index in [1.807, 2.05) is 30.3 Å². The van der Waals surface area contributed by atoms with E-state index in [1.165, 1.54) is 0 Å². The predicted octanol–water partition coefficient (Wildman–Crippen LogP) is 2.08. The van der Waals surface area contributed by atoms with E-state index in [4.69, 9.17) is 0 Å². The largest absolute Gasteiger partial charge is 0.480 e. The van der Waals surface area contributed by atoms with Crippen LogP contribution in [-0.2, 0) is 10.3 Å². The minimum atomic E-state index is -0.877. The zero-order valence-electron chi connectivity index (χ0n) is 9.52. The molecule has 1 aliphatic heterocycles. The summed E-state index contributed by atoms with van der Waals surface area (Å²) in [6.07, 6.45) is 2.19. The highest BCUT2D eigenvalue weighted by Crippen LogP contribution is 2.31. The first-order valence-corrected chi connectivity index (χ1v) is 5.69. The number of hydrogen-bond acceptors (Lipinski definition) is 2. The molecule has 3 heteroatoms. The quantitative estimate of drug-likeness (QED) is 0.846. The van der Waals surface area contributed by atoms with Crippen LogP contribution in [0.4, 0.5) is 0 Å². The molecule has 0 saturated carbocycles. The summed E-state index contributed by atoms with van der Waals surface area (Å²) < 4.78 is 0. The molecule has 1 aromatic rings. The lowest BCUT2D eigenvalue weighted by molar-refractivity contribution is -0.150. The van der Waals surface area contributed by atoms with Gasteiger partial charge >= 0.3 is 5.97 Å². The Morgan fingerprint density at radius 1 is 1.25 bits per heavy atom. The fraction of sp³-hybridized carbons (Fsp3) is 0.462. The molecule has 1 aromatic carbocycles. The molecule has 0 bridgehead atoms. The first-order valence-electron chi connectivity index (χ1n) is 5.69. The summed E-state index contributed by atoms with van der Waals surface area (Å²) in [5.41, 5.74) is -0.0120. The average Bonchev–Trinajstić information content (AvgIpc) is 2.82. The predicted molar refractivity (Wildman–Crippen MR) is 62.2 cm³/mol. The van der Waals surface area contributed by atoms with Crippen molar-refractivity contribution < 1.29 is 9.90 Å². The van der Waals surface area contributed by atoms with E-state index < -0.39 is 11.5 Å². The number of aliphatic carboxylic acids is 1. The van der Waals surface area contributed by atoms with Gasteiger partial charge in [0.05, 0.1) is 0 Å². The Kier molecular flexibility index (Phi) is 2.97. The van der Waals surface area contributed by atoms with Crippen LogP contribution in [0.3, 0.4) is 0 Å². The van der Waals surface area contributed by atoms with Crippen LogP contribution >= 0.6 is 0 Å². The van der Waals surface area contributed by atoms with E-state index in [2.05, 4.69) is 4.90 Å². The highest BCUT2D eigenvalue weighted by atomic mass is 16.4. The highest BCUT2D eigenvalue weighted by Gasteiger charge is 2.42. The standard InChI is InChI=1S/C13H17NO2/c1-13(12(15)16,14-9-5-6-10-14)11-7-3-2-4-8-11/h2-4,7-8H,5-6,9-10H2,1H3,(H,15,16)/t13-/m1/s1. The molecule has 1 N–H and O–H groups in total. The van der Waals surface area contributed by atoms with Crippen molar-refractivity contribution in [3.05, 3.63) is 35.9 Å². The third-order valence-corrected chi connectivity index (χ3v) is 3.49. The molecule has 1 atom stereocenters. The van der Waals surface area contributed by atoms with Gasteiger partial charge in [0.1, 0.15) is 5.54 Å². The topological polar surface area (TPSA) is 40.5 Å². The maximum absolute atomic E-state index is 11.6. The van der Waals surface area contributed by atoms with Crippen LogP contribution < -0.4 is 0 Å². The lowest BCUT2D eigenvalue weighted by Gasteiger charge is -2.35. The van der Waals surface area contributed by atoms with E-state index in [0.717, 1.165) is 31.5 Å². The second kappa shape index (κ2) is 4.26. The van der Waals surface area contributed by atoms with Gasteiger partial charge in [-0.05, 0) is 38.4 Å². The van der Waals surface area contributed by atoms with Gasteiger partial charge in [0.2, 0.25) is 0 Å². The van der Waals surface area contributed by atoms with Crippen molar-refractivity contribution >= 4 is 5.97 Å². The van der Waals surface area contributed by atoms with E-state index in [1.54, 1.807) is 6.92 Å². The molecule has 0 aliphatic carbocycles. The number of nitrogens with zero attached hydrogens (tertiary/aromatic N) is 1.